The van der Waals surface area contributed by atoms with E-state index in [4.69, 9.17) is 9.84 Å². The standard InChI is InChI=1S/C13H16N2O4/c1-19-11-6-9(4-5-10(11)12(16)17)15-13(18)14-7-8-2-3-8/h4-6,8H,2-3,7H2,1H3,(H,16,17)(H2,14,15,18). The van der Waals surface area contributed by atoms with E-state index in [0.29, 0.717) is 18.2 Å². The number of rotatable bonds is 5. The third-order valence-corrected chi connectivity index (χ3v) is 2.94. The van der Waals surface area contributed by atoms with E-state index < -0.39 is 5.97 Å². The van der Waals surface area contributed by atoms with Gasteiger partial charge in [-0.05, 0) is 30.9 Å². The van der Waals surface area contributed by atoms with Crippen molar-refractivity contribution in [2.75, 3.05) is 19.0 Å². The molecule has 2 rings (SSSR count). The van der Waals surface area contributed by atoms with E-state index in [1.165, 1.54) is 38.2 Å². The van der Waals surface area contributed by atoms with Crippen LogP contribution in [0.4, 0.5) is 10.5 Å². The molecule has 2 amide bonds. The topological polar surface area (TPSA) is 87.7 Å². The van der Waals surface area contributed by atoms with Crippen molar-refractivity contribution in [2.45, 2.75) is 12.8 Å². The largest absolute Gasteiger partial charge is 0.496 e. The second-order valence-electron chi connectivity index (χ2n) is 4.50. The lowest BCUT2D eigenvalue weighted by Gasteiger charge is -2.10. The Morgan fingerprint density at radius 2 is 2.16 bits per heavy atom. The zero-order chi connectivity index (χ0) is 13.8. The number of hydrogen-bond donors (Lipinski definition) is 3. The molecule has 0 radical (unpaired) electrons. The Labute approximate surface area is 110 Å². The molecule has 0 spiro atoms. The Bertz CT molecular complexity index is 497. The van der Waals surface area contributed by atoms with Gasteiger partial charge in [-0.2, -0.15) is 0 Å². The van der Waals surface area contributed by atoms with Gasteiger partial charge in [-0.3, -0.25) is 0 Å². The summed E-state index contributed by atoms with van der Waals surface area (Å²) in [7, 11) is 1.39. The first kappa shape index (κ1) is 13.2. The van der Waals surface area contributed by atoms with E-state index in [1.54, 1.807) is 0 Å². The summed E-state index contributed by atoms with van der Waals surface area (Å²) in [6.45, 7) is 0.677. The van der Waals surface area contributed by atoms with E-state index in [-0.39, 0.29) is 17.3 Å². The molecule has 0 heterocycles. The van der Waals surface area contributed by atoms with Gasteiger partial charge in [0.15, 0.2) is 0 Å². The second-order valence-corrected chi connectivity index (χ2v) is 4.50. The minimum Gasteiger partial charge on any atom is -0.496 e. The predicted octanol–water partition coefficient (Wildman–Crippen LogP) is 1.92. The average Bonchev–Trinajstić information content (AvgIpc) is 3.20. The molecule has 1 fully saturated rings. The lowest BCUT2D eigenvalue weighted by Crippen LogP contribution is -2.30. The second kappa shape index (κ2) is 5.60. The third kappa shape index (κ3) is 3.61. The van der Waals surface area contributed by atoms with Gasteiger partial charge in [0, 0.05) is 18.3 Å². The lowest BCUT2D eigenvalue weighted by molar-refractivity contribution is 0.0693. The van der Waals surface area contributed by atoms with Crippen molar-refractivity contribution >= 4 is 17.7 Å². The molecule has 0 saturated heterocycles. The molecule has 0 aliphatic heterocycles. The van der Waals surface area contributed by atoms with Crippen LogP contribution in [0.15, 0.2) is 18.2 Å². The molecule has 1 saturated carbocycles. The summed E-state index contributed by atoms with van der Waals surface area (Å²) in [4.78, 5) is 22.5. The first-order chi connectivity index (χ1) is 9.10. The number of methoxy groups -OCH3 is 1. The fourth-order valence-electron chi connectivity index (χ4n) is 1.68. The van der Waals surface area contributed by atoms with Crippen LogP contribution in [0.25, 0.3) is 0 Å². The molecule has 0 aromatic heterocycles. The molecule has 1 aromatic carbocycles. The van der Waals surface area contributed by atoms with Crippen LogP contribution in [-0.2, 0) is 0 Å². The average molecular weight is 264 g/mol. The molecule has 102 valence electrons. The highest BCUT2D eigenvalue weighted by Gasteiger charge is 2.21. The van der Waals surface area contributed by atoms with Crippen LogP contribution in [0.2, 0.25) is 0 Å². The van der Waals surface area contributed by atoms with Crippen LogP contribution in [0, 0.1) is 5.92 Å². The van der Waals surface area contributed by atoms with Gasteiger partial charge in [0.05, 0.1) is 7.11 Å². The number of benzene rings is 1. The van der Waals surface area contributed by atoms with E-state index in [0.717, 1.165) is 0 Å². The van der Waals surface area contributed by atoms with E-state index >= 15 is 0 Å². The normalized spacial score (nSPS) is 13.7. The van der Waals surface area contributed by atoms with Gasteiger partial charge in [-0.15, -0.1) is 0 Å². The van der Waals surface area contributed by atoms with Crippen LogP contribution in [0.1, 0.15) is 23.2 Å². The van der Waals surface area contributed by atoms with Crippen molar-refractivity contribution in [3.8, 4) is 5.75 Å². The smallest absolute Gasteiger partial charge is 0.339 e. The van der Waals surface area contributed by atoms with Crippen molar-refractivity contribution in [1.29, 1.82) is 0 Å². The zero-order valence-electron chi connectivity index (χ0n) is 10.6. The van der Waals surface area contributed by atoms with Crippen molar-refractivity contribution < 1.29 is 19.4 Å². The van der Waals surface area contributed by atoms with Crippen molar-refractivity contribution in [3.05, 3.63) is 23.8 Å². The van der Waals surface area contributed by atoms with Gasteiger partial charge in [0.1, 0.15) is 11.3 Å². The summed E-state index contributed by atoms with van der Waals surface area (Å²) in [5, 5.41) is 14.3. The van der Waals surface area contributed by atoms with Gasteiger partial charge in [-0.1, -0.05) is 0 Å². The summed E-state index contributed by atoms with van der Waals surface area (Å²) in [5.41, 5.74) is 0.557. The fourth-order valence-corrected chi connectivity index (χ4v) is 1.68. The molecular formula is C13H16N2O4. The van der Waals surface area contributed by atoms with E-state index in [2.05, 4.69) is 10.6 Å². The molecule has 0 atom stereocenters. The number of nitrogens with one attached hydrogen (secondary N) is 2. The van der Waals surface area contributed by atoms with Gasteiger partial charge in [0.2, 0.25) is 0 Å². The fraction of sp³-hybridized carbons (Fsp3) is 0.385. The van der Waals surface area contributed by atoms with Crippen LogP contribution in [0.5, 0.6) is 5.75 Å². The van der Waals surface area contributed by atoms with Crippen molar-refractivity contribution in [1.82, 2.24) is 5.32 Å². The maximum atomic E-state index is 11.6. The van der Waals surface area contributed by atoms with Gasteiger partial charge < -0.3 is 20.5 Å². The summed E-state index contributed by atoms with van der Waals surface area (Å²) < 4.78 is 4.98. The molecule has 19 heavy (non-hydrogen) atoms. The number of carbonyl (C=O) groups excluding carboxylic acids is 1. The summed E-state index contributed by atoms with van der Waals surface area (Å²) in [5.74, 6) is -0.247. The van der Waals surface area contributed by atoms with Crippen LogP contribution in [0.3, 0.4) is 0 Å². The number of hydrogen-bond acceptors (Lipinski definition) is 3. The predicted molar refractivity (Wildman–Crippen MR) is 69.7 cm³/mol. The molecule has 1 aromatic rings. The summed E-state index contributed by atoms with van der Waals surface area (Å²) in [6, 6.07) is 4.12. The lowest BCUT2D eigenvalue weighted by atomic mass is 10.2. The maximum Gasteiger partial charge on any atom is 0.339 e. The molecule has 6 heteroatoms. The Hall–Kier alpha value is -2.24. The minimum atomic E-state index is -1.07. The van der Waals surface area contributed by atoms with Crippen molar-refractivity contribution in [3.63, 3.8) is 0 Å². The number of carbonyl (C=O) groups is 2. The molecule has 1 aliphatic rings. The zero-order valence-corrected chi connectivity index (χ0v) is 10.6. The number of aromatic carboxylic acids is 1. The number of ether oxygens (including phenoxy) is 1. The first-order valence-electron chi connectivity index (χ1n) is 6.06. The molecule has 0 bridgehead atoms. The highest BCUT2D eigenvalue weighted by molar-refractivity contribution is 5.94. The number of urea groups is 1. The third-order valence-electron chi connectivity index (χ3n) is 2.94. The number of anilines is 1. The molecule has 0 unspecified atom stereocenters. The quantitative estimate of drug-likeness (QED) is 0.758. The minimum absolute atomic E-state index is 0.0615. The molecule has 1 aliphatic carbocycles. The van der Waals surface area contributed by atoms with Crippen LogP contribution >= 0.6 is 0 Å². The van der Waals surface area contributed by atoms with E-state index in [9.17, 15) is 9.59 Å². The van der Waals surface area contributed by atoms with Gasteiger partial charge in [0.25, 0.3) is 0 Å². The first-order valence-corrected chi connectivity index (χ1v) is 6.06. The SMILES string of the molecule is COc1cc(NC(=O)NCC2CC2)ccc1C(=O)O. The Morgan fingerprint density at radius 1 is 1.42 bits per heavy atom. The van der Waals surface area contributed by atoms with Crippen LogP contribution in [-0.4, -0.2) is 30.8 Å². The monoisotopic (exact) mass is 264 g/mol. The highest BCUT2D eigenvalue weighted by atomic mass is 16.5. The number of amides is 2. The Morgan fingerprint density at radius 3 is 2.74 bits per heavy atom. The summed E-state index contributed by atoms with van der Waals surface area (Å²) >= 11 is 0. The Kier molecular flexibility index (Phi) is 3.89. The molecule has 3 N–H and O–H groups in total. The van der Waals surface area contributed by atoms with Gasteiger partial charge >= 0.3 is 12.0 Å². The highest BCUT2D eigenvalue weighted by Crippen LogP contribution is 2.27. The Balaban J connectivity index is 1.99. The number of carboxylic acids is 1. The number of carboxylic acid groups (broad SMARTS) is 1. The van der Waals surface area contributed by atoms with Crippen molar-refractivity contribution in [2.24, 2.45) is 5.92 Å². The van der Waals surface area contributed by atoms with E-state index in [1.807, 2.05) is 0 Å². The summed E-state index contributed by atoms with van der Waals surface area (Å²) in [6.07, 6.45) is 2.34. The molecular weight excluding hydrogens is 248 g/mol. The van der Waals surface area contributed by atoms with Gasteiger partial charge in [-0.25, -0.2) is 9.59 Å². The van der Waals surface area contributed by atoms with Crippen LogP contribution < -0.4 is 15.4 Å². The maximum absolute atomic E-state index is 11.6. The molecule has 6 nitrogen and oxygen atoms in total.